The number of hydrogen-bond donors (Lipinski definition) is 0. The van der Waals surface area contributed by atoms with Crippen LogP contribution in [0, 0.1) is 12.8 Å². The first-order valence-electron chi connectivity index (χ1n) is 10.6. The number of pyridine rings is 1. The molecule has 0 saturated carbocycles. The van der Waals surface area contributed by atoms with Crippen LogP contribution in [-0.4, -0.2) is 28.3 Å². The first-order chi connectivity index (χ1) is 14.3. The Bertz CT molecular complexity index is 1030. The van der Waals surface area contributed by atoms with Crippen molar-refractivity contribution < 1.29 is 17.0 Å². The minimum atomic E-state index is -3.81. The molecule has 1 aliphatic carbocycles. The summed E-state index contributed by atoms with van der Waals surface area (Å²) in [6.45, 7) is 13.0. The van der Waals surface area contributed by atoms with E-state index in [-0.39, 0.29) is 28.6 Å². The van der Waals surface area contributed by atoms with Gasteiger partial charge in [-0.15, -0.1) is 0 Å². The molecule has 0 radical (unpaired) electrons. The van der Waals surface area contributed by atoms with Gasteiger partial charge in [-0.05, 0) is 67.6 Å². The van der Waals surface area contributed by atoms with Crippen molar-refractivity contribution in [3.63, 3.8) is 0 Å². The number of fused-ring (bicyclic) bond motifs is 1. The highest BCUT2D eigenvalue weighted by atomic mass is 35.5. The average Bonchev–Trinajstić information content (AvgIpc) is 2.66. The summed E-state index contributed by atoms with van der Waals surface area (Å²) >= 11 is 6.18. The average molecular weight is 482 g/mol. The van der Waals surface area contributed by atoms with Crippen molar-refractivity contribution in [3.8, 4) is 0 Å². The smallest absolute Gasteiger partial charge is 0.296 e. The van der Waals surface area contributed by atoms with E-state index in [1.165, 1.54) is 0 Å². The van der Waals surface area contributed by atoms with Gasteiger partial charge in [-0.2, -0.15) is 8.42 Å². The fourth-order valence-electron chi connectivity index (χ4n) is 3.46. The highest BCUT2D eigenvalue weighted by molar-refractivity contribution is 7.86. The van der Waals surface area contributed by atoms with Crippen LogP contribution in [0.4, 0.5) is 0 Å². The van der Waals surface area contributed by atoms with E-state index in [0.29, 0.717) is 18.0 Å². The molecule has 0 N–H and O–H groups in total. The third-order valence-corrected chi connectivity index (χ3v) is 12.3. The molecule has 2 atom stereocenters. The zero-order valence-corrected chi connectivity index (χ0v) is 21.7. The maximum atomic E-state index is 12.6. The summed E-state index contributed by atoms with van der Waals surface area (Å²) in [5.74, 6) is 0.00506. The molecule has 1 aliphatic rings. The van der Waals surface area contributed by atoms with Crippen molar-refractivity contribution in [1.82, 2.24) is 4.98 Å². The third-order valence-electron chi connectivity index (χ3n) is 6.35. The Hall–Kier alpha value is -1.25. The van der Waals surface area contributed by atoms with Crippen LogP contribution in [0.3, 0.4) is 0 Å². The zero-order valence-electron chi connectivity index (χ0n) is 19.1. The normalized spacial score (nSPS) is 19.8. The Morgan fingerprint density at radius 3 is 2.39 bits per heavy atom. The van der Waals surface area contributed by atoms with Crippen LogP contribution in [0.1, 0.15) is 50.1 Å². The van der Waals surface area contributed by atoms with Gasteiger partial charge in [0.25, 0.3) is 10.1 Å². The van der Waals surface area contributed by atoms with Gasteiger partial charge in [0.1, 0.15) is 5.15 Å². The molecule has 1 aromatic carbocycles. The second-order valence-electron chi connectivity index (χ2n) is 9.90. The molecule has 8 heteroatoms. The van der Waals surface area contributed by atoms with Gasteiger partial charge in [0.15, 0.2) is 8.32 Å². The molecular weight excluding hydrogens is 450 g/mol. The van der Waals surface area contributed by atoms with E-state index in [0.717, 1.165) is 16.8 Å². The molecule has 2 unspecified atom stereocenters. The summed E-state index contributed by atoms with van der Waals surface area (Å²) in [7, 11) is -5.87. The monoisotopic (exact) mass is 481 g/mol. The van der Waals surface area contributed by atoms with Crippen molar-refractivity contribution in [1.29, 1.82) is 0 Å². The quantitative estimate of drug-likeness (QED) is 0.284. The molecule has 0 aliphatic heterocycles. The van der Waals surface area contributed by atoms with Crippen LogP contribution in [0.15, 0.2) is 41.3 Å². The van der Waals surface area contributed by atoms with Crippen LogP contribution in [0.5, 0.6) is 0 Å². The zero-order chi connectivity index (χ0) is 23.0. The van der Waals surface area contributed by atoms with Gasteiger partial charge in [0, 0.05) is 0 Å². The predicted octanol–water partition coefficient (Wildman–Crippen LogP) is 6.07. The lowest BCUT2D eigenvalue weighted by molar-refractivity contribution is 0.114. The molecule has 3 rings (SSSR count). The Kier molecular flexibility index (Phi) is 7.04. The second-order valence-corrected chi connectivity index (χ2v) is 16.7. The molecule has 0 bridgehead atoms. The summed E-state index contributed by atoms with van der Waals surface area (Å²) in [4.78, 5) is 4.74. The lowest BCUT2D eigenvalue weighted by Gasteiger charge is -2.41. The van der Waals surface area contributed by atoms with Crippen LogP contribution < -0.4 is 0 Å². The fourth-order valence-corrected chi connectivity index (χ4v) is 5.86. The van der Waals surface area contributed by atoms with Crippen molar-refractivity contribution in [2.45, 2.75) is 69.7 Å². The van der Waals surface area contributed by atoms with Crippen molar-refractivity contribution in [3.05, 3.63) is 58.4 Å². The van der Waals surface area contributed by atoms with Gasteiger partial charge in [-0.1, -0.05) is 56.1 Å². The number of nitrogens with zero attached hydrogens (tertiary/aromatic N) is 1. The van der Waals surface area contributed by atoms with Gasteiger partial charge in [0.2, 0.25) is 0 Å². The van der Waals surface area contributed by atoms with Gasteiger partial charge >= 0.3 is 0 Å². The van der Waals surface area contributed by atoms with E-state index in [4.69, 9.17) is 20.2 Å². The number of benzene rings is 1. The molecule has 1 heterocycles. The first kappa shape index (κ1) is 24.4. The highest BCUT2D eigenvalue weighted by Crippen LogP contribution is 2.44. The van der Waals surface area contributed by atoms with Gasteiger partial charge in [-0.25, -0.2) is 4.98 Å². The van der Waals surface area contributed by atoms with E-state index >= 15 is 0 Å². The largest absolute Gasteiger partial charge is 0.408 e. The van der Waals surface area contributed by atoms with E-state index in [2.05, 4.69) is 38.8 Å². The second kappa shape index (κ2) is 8.94. The Morgan fingerprint density at radius 2 is 1.77 bits per heavy atom. The van der Waals surface area contributed by atoms with Crippen LogP contribution in [0.25, 0.3) is 0 Å². The number of rotatable bonds is 6. The molecule has 31 heavy (non-hydrogen) atoms. The minimum absolute atomic E-state index is 0.00506. The highest BCUT2D eigenvalue weighted by Gasteiger charge is 2.42. The summed E-state index contributed by atoms with van der Waals surface area (Å²) < 4.78 is 37.4. The molecule has 0 amide bonds. The summed E-state index contributed by atoms with van der Waals surface area (Å²) in [5, 5.41) is 0.489. The minimum Gasteiger partial charge on any atom is -0.408 e. The Labute approximate surface area is 192 Å². The maximum absolute atomic E-state index is 12.6. The van der Waals surface area contributed by atoms with Gasteiger partial charge < -0.3 is 4.43 Å². The predicted molar refractivity (Wildman–Crippen MR) is 126 cm³/mol. The molecule has 0 spiro atoms. The van der Waals surface area contributed by atoms with Crippen LogP contribution >= 0.6 is 11.6 Å². The Morgan fingerprint density at radius 1 is 1.13 bits per heavy atom. The number of aromatic nitrogens is 1. The molecule has 1 aromatic heterocycles. The molecule has 0 fully saturated rings. The first-order valence-corrected chi connectivity index (χ1v) is 15.3. The van der Waals surface area contributed by atoms with Gasteiger partial charge in [0.05, 0.1) is 23.3 Å². The van der Waals surface area contributed by atoms with Crippen LogP contribution in [-0.2, 0) is 25.1 Å². The van der Waals surface area contributed by atoms with E-state index in [1.54, 1.807) is 30.3 Å². The van der Waals surface area contributed by atoms with Crippen molar-refractivity contribution in [2.75, 3.05) is 6.61 Å². The number of hydrogen-bond acceptors (Lipinski definition) is 5. The molecule has 2 aromatic rings. The fraction of sp³-hybridized carbons (Fsp3) is 0.522. The topological polar surface area (TPSA) is 65.5 Å². The molecule has 5 nitrogen and oxygen atoms in total. The number of halogens is 1. The summed E-state index contributed by atoms with van der Waals surface area (Å²) in [5.41, 5.74) is 2.91. The van der Waals surface area contributed by atoms with Crippen LogP contribution in [0.2, 0.25) is 23.3 Å². The van der Waals surface area contributed by atoms with Crippen molar-refractivity contribution in [2.24, 2.45) is 5.92 Å². The summed E-state index contributed by atoms with van der Waals surface area (Å²) in [6.07, 6.45) is 1.11. The van der Waals surface area contributed by atoms with E-state index in [9.17, 15) is 8.42 Å². The number of aryl methyl sites for hydroxylation is 1. The molecule has 0 saturated heterocycles. The lowest BCUT2D eigenvalue weighted by atomic mass is 9.85. The molecule has 170 valence electrons. The molecular formula is C23H32ClNO4SSi. The van der Waals surface area contributed by atoms with Crippen molar-refractivity contribution >= 4 is 30.0 Å². The SMILES string of the molecule is Cc1ccc(S(=O)(=O)OCC2Cc3ccc(Cl)nc3C(O[Si](C)(C)C(C)(C)C)C2)cc1. The maximum Gasteiger partial charge on any atom is 0.296 e. The van der Waals surface area contributed by atoms with E-state index < -0.39 is 18.4 Å². The third kappa shape index (κ3) is 5.76. The lowest BCUT2D eigenvalue weighted by Crippen LogP contribution is -2.43. The summed E-state index contributed by atoms with van der Waals surface area (Å²) in [6, 6.07) is 10.4. The van der Waals surface area contributed by atoms with E-state index in [1.807, 2.05) is 13.0 Å². The van der Waals surface area contributed by atoms with Gasteiger partial charge in [-0.3, -0.25) is 4.18 Å². The standard InChI is InChI=1S/C23H32ClNO4SSi/c1-16-7-10-19(11-8-16)30(26,27)28-15-17-13-18-9-12-21(24)25-22(18)20(14-17)29-31(5,6)23(2,3)4/h7-12,17,20H,13-15H2,1-6H3. The Balaban J connectivity index is 1.80.